The molecule has 3 aromatic rings. The number of nitrogens with zero attached hydrogens (tertiary/aromatic N) is 3. The van der Waals surface area contributed by atoms with Gasteiger partial charge in [-0.2, -0.15) is 10.2 Å². The van der Waals surface area contributed by atoms with E-state index in [0.717, 1.165) is 0 Å². The van der Waals surface area contributed by atoms with Gasteiger partial charge in [-0.3, -0.25) is 4.57 Å². The highest BCUT2D eigenvalue weighted by Gasteiger charge is 2.15. The molecule has 2 heterocycles. The molecule has 0 saturated carbocycles. The number of nitriles is 1. The first-order valence-corrected chi connectivity index (χ1v) is 6.41. The minimum absolute atomic E-state index is 0.0841. The molecular weight excluding hydrogens is 291 g/mol. The fourth-order valence-corrected chi connectivity index (χ4v) is 2.41. The lowest BCUT2D eigenvalue weighted by molar-refractivity contribution is 0.399. The first-order valence-electron chi connectivity index (χ1n) is 6.00. The summed E-state index contributed by atoms with van der Waals surface area (Å²) in [4.78, 5) is 7.28. The molecule has 1 N–H and O–H groups in total. The average Bonchev–Trinajstić information content (AvgIpc) is 2.81. The van der Waals surface area contributed by atoms with E-state index in [1.54, 1.807) is 18.2 Å². The molecule has 0 amide bonds. The van der Waals surface area contributed by atoms with Gasteiger partial charge in [0.25, 0.3) is 0 Å². The number of H-pyrrole nitrogens is 1. The van der Waals surface area contributed by atoms with Crippen molar-refractivity contribution >= 4 is 23.4 Å². The average molecular weight is 300 g/mol. The van der Waals surface area contributed by atoms with Gasteiger partial charge in [0.1, 0.15) is 17.4 Å². The third kappa shape index (κ3) is 2.06. The van der Waals surface area contributed by atoms with Gasteiger partial charge in [0.05, 0.1) is 18.3 Å². The maximum atomic E-state index is 13.8. The number of aromatic amines is 1. The number of ether oxygens (including phenoxy) is 1. The lowest BCUT2D eigenvalue weighted by Crippen LogP contribution is -2.01. The molecule has 0 saturated heterocycles. The standard InChI is InChI=1S/C14H9FN4OS/c1-20-12-6-5-10-13(18-12)19(14(21)17-10)11-4-2-3-9(15)8(11)7-16/h2-6H,1H3,(H,17,21). The maximum absolute atomic E-state index is 13.8. The molecule has 0 atom stereocenters. The van der Waals surface area contributed by atoms with E-state index in [1.165, 1.54) is 23.8 Å². The number of nitrogens with one attached hydrogen (secondary N) is 1. The van der Waals surface area contributed by atoms with E-state index in [2.05, 4.69) is 9.97 Å². The van der Waals surface area contributed by atoms with Crippen LogP contribution in [0, 0.1) is 21.9 Å². The number of imidazole rings is 1. The highest BCUT2D eigenvalue weighted by Crippen LogP contribution is 2.24. The number of halogens is 1. The molecule has 0 unspecified atom stereocenters. The quantitative estimate of drug-likeness (QED) is 0.738. The highest BCUT2D eigenvalue weighted by molar-refractivity contribution is 7.71. The van der Waals surface area contributed by atoms with E-state index in [9.17, 15) is 4.39 Å². The van der Waals surface area contributed by atoms with Gasteiger partial charge in [-0.1, -0.05) is 6.07 Å². The molecule has 0 aliphatic heterocycles. The van der Waals surface area contributed by atoms with Crippen molar-refractivity contribution in [1.82, 2.24) is 14.5 Å². The van der Waals surface area contributed by atoms with Gasteiger partial charge in [0.2, 0.25) is 5.88 Å². The van der Waals surface area contributed by atoms with Crippen molar-refractivity contribution in [2.24, 2.45) is 0 Å². The van der Waals surface area contributed by atoms with Crippen molar-refractivity contribution in [3.8, 4) is 17.6 Å². The Morgan fingerprint density at radius 2 is 2.19 bits per heavy atom. The molecule has 2 aromatic heterocycles. The van der Waals surface area contributed by atoms with Gasteiger partial charge in [0.15, 0.2) is 10.4 Å². The zero-order valence-corrected chi connectivity index (χ0v) is 11.7. The predicted molar refractivity (Wildman–Crippen MR) is 77.5 cm³/mol. The smallest absolute Gasteiger partial charge is 0.215 e. The Labute approximate surface area is 124 Å². The van der Waals surface area contributed by atoms with E-state index in [-0.39, 0.29) is 5.56 Å². The largest absolute Gasteiger partial charge is 0.481 e. The molecule has 0 aliphatic carbocycles. The number of pyridine rings is 1. The lowest BCUT2D eigenvalue weighted by atomic mass is 10.2. The molecule has 7 heteroatoms. The molecule has 104 valence electrons. The second-order valence-electron chi connectivity index (χ2n) is 4.24. The van der Waals surface area contributed by atoms with Crippen molar-refractivity contribution in [3.05, 3.63) is 46.5 Å². The molecule has 3 rings (SSSR count). The van der Waals surface area contributed by atoms with Crippen LogP contribution in [0.5, 0.6) is 5.88 Å². The summed E-state index contributed by atoms with van der Waals surface area (Å²) < 4.78 is 20.7. The molecule has 0 fully saturated rings. The molecule has 1 aromatic carbocycles. The summed E-state index contributed by atoms with van der Waals surface area (Å²) in [6.45, 7) is 0. The number of methoxy groups -OCH3 is 1. The molecular formula is C14H9FN4OS. The van der Waals surface area contributed by atoms with Crippen molar-refractivity contribution in [2.75, 3.05) is 7.11 Å². The Bertz CT molecular complexity index is 938. The summed E-state index contributed by atoms with van der Waals surface area (Å²) in [5.74, 6) is -0.200. The van der Waals surface area contributed by atoms with Crippen LogP contribution in [0.4, 0.5) is 4.39 Å². The van der Waals surface area contributed by atoms with E-state index in [0.29, 0.717) is 27.5 Å². The molecule has 5 nitrogen and oxygen atoms in total. The number of hydrogen-bond acceptors (Lipinski definition) is 4. The molecule has 0 radical (unpaired) electrons. The van der Waals surface area contributed by atoms with Crippen LogP contribution in [0.25, 0.3) is 16.9 Å². The minimum atomic E-state index is -0.603. The number of hydrogen-bond donors (Lipinski definition) is 1. The number of aromatic nitrogens is 3. The Balaban J connectivity index is 2.41. The van der Waals surface area contributed by atoms with Crippen LogP contribution in [-0.2, 0) is 0 Å². The zero-order chi connectivity index (χ0) is 15.0. The van der Waals surface area contributed by atoms with E-state index in [4.69, 9.17) is 22.2 Å². The van der Waals surface area contributed by atoms with Gasteiger partial charge in [-0.05, 0) is 30.4 Å². The van der Waals surface area contributed by atoms with Crippen LogP contribution in [0.15, 0.2) is 30.3 Å². The van der Waals surface area contributed by atoms with Crippen molar-refractivity contribution in [1.29, 1.82) is 5.26 Å². The number of fused-ring (bicyclic) bond motifs is 1. The van der Waals surface area contributed by atoms with Crippen LogP contribution < -0.4 is 4.74 Å². The van der Waals surface area contributed by atoms with Crippen LogP contribution >= 0.6 is 12.2 Å². The van der Waals surface area contributed by atoms with Gasteiger partial charge < -0.3 is 9.72 Å². The summed E-state index contributed by atoms with van der Waals surface area (Å²) in [6.07, 6.45) is 0. The topological polar surface area (TPSA) is 66.6 Å². The summed E-state index contributed by atoms with van der Waals surface area (Å²) in [7, 11) is 1.50. The van der Waals surface area contributed by atoms with Crippen molar-refractivity contribution in [2.45, 2.75) is 0 Å². The van der Waals surface area contributed by atoms with Crippen molar-refractivity contribution < 1.29 is 9.13 Å². The fraction of sp³-hybridized carbons (Fsp3) is 0.0714. The van der Waals surface area contributed by atoms with Crippen LogP contribution in [0.3, 0.4) is 0 Å². The molecule has 0 spiro atoms. The molecule has 21 heavy (non-hydrogen) atoms. The number of benzene rings is 1. The second-order valence-corrected chi connectivity index (χ2v) is 4.62. The van der Waals surface area contributed by atoms with E-state index in [1.807, 2.05) is 6.07 Å². The second kappa shape index (κ2) is 5.00. The highest BCUT2D eigenvalue weighted by atomic mass is 32.1. The summed E-state index contributed by atoms with van der Waals surface area (Å²) in [5, 5.41) is 9.17. The van der Waals surface area contributed by atoms with Crippen LogP contribution in [0.2, 0.25) is 0 Å². The van der Waals surface area contributed by atoms with Gasteiger partial charge in [-0.25, -0.2) is 4.39 Å². The SMILES string of the molecule is COc1ccc2[nH]c(=S)n(-c3cccc(F)c3C#N)c2n1. The predicted octanol–water partition coefficient (Wildman–Crippen LogP) is 3.10. The van der Waals surface area contributed by atoms with Gasteiger partial charge in [-0.15, -0.1) is 0 Å². The monoisotopic (exact) mass is 300 g/mol. The Hall–Kier alpha value is -2.72. The van der Waals surface area contributed by atoms with Crippen LogP contribution in [0.1, 0.15) is 5.56 Å². The van der Waals surface area contributed by atoms with Crippen molar-refractivity contribution in [3.63, 3.8) is 0 Å². The maximum Gasteiger partial charge on any atom is 0.215 e. The summed E-state index contributed by atoms with van der Waals surface area (Å²) in [6, 6.07) is 9.68. The molecule has 0 bridgehead atoms. The summed E-state index contributed by atoms with van der Waals surface area (Å²) >= 11 is 5.26. The minimum Gasteiger partial charge on any atom is -0.481 e. The third-order valence-electron chi connectivity index (χ3n) is 3.06. The van der Waals surface area contributed by atoms with Gasteiger partial charge in [0, 0.05) is 6.07 Å². The fourth-order valence-electron chi connectivity index (χ4n) is 2.11. The lowest BCUT2D eigenvalue weighted by Gasteiger charge is -2.07. The Morgan fingerprint density at radius 3 is 2.90 bits per heavy atom. The third-order valence-corrected chi connectivity index (χ3v) is 3.34. The number of rotatable bonds is 2. The van der Waals surface area contributed by atoms with E-state index < -0.39 is 5.82 Å². The summed E-state index contributed by atoms with van der Waals surface area (Å²) in [5.41, 5.74) is 1.41. The first-order chi connectivity index (χ1) is 10.2. The van der Waals surface area contributed by atoms with Crippen LogP contribution in [-0.4, -0.2) is 21.6 Å². The first kappa shape index (κ1) is 13.3. The molecule has 0 aliphatic rings. The zero-order valence-electron chi connectivity index (χ0n) is 10.9. The van der Waals surface area contributed by atoms with Gasteiger partial charge >= 0.3 is 0 Å². The normalized spacial score (nSPS) is 10.5. The Kier molecular flexibility index (Phi) is 3.16. The Morgan fingerprint density at radius 1 is 1.38 bits per heavy atom. The van der Waals surface area contributed by atoms with E-state index >= 15 is 0 Å².